The molecule has 0 aliphatic rings. The first-order valence-corrected chi connectivity index (χ1v) is 7.32. The fraction of sp³-hybridized carbons (Fsp3) is 0.188. The highest BCUT2D eigenvalue weighted by molar-refractivity contribution is 7.80. The molecule has 7 heteroatoms. The third-order valence-electron chi connectivity index (χ3n) is 3.17. The second kappa shape index (κ2) is 7.32. The van der Waals surface area contributed by atoms with Gasteiger partial charge in [-0.3, -0.25) is 0 Å². The van der Waals surface area contributed by atoms with E-state index < -0.39 is 11.7 Å². The molecule has 0 spiro atoms. The smallest absolute Gasteiger partial charge is 0.399 e. The number of nitrogens with one attached hydrogen (secondary N) is 2. The van der Waals surface area contributed by atoms with E-state index in [4.69, 9.17) is 18.0 Å². The number of hydrogen-bond acceptors (Lipinski definition) is 2. The van der Waals surface area contributed by atoms with Crippen LogP contribution < -0.4 is 16.4 Å². The molecule has 4 N–H and O–H groups in total. The van der Waals surface area contributed by atoms with Crippen LogP contribution in [0.1, 0.15) is 11.1 Å². The summed E-state index contributed by atoms with van der Waals surface area (Å²) >= 11 is 5.11. The lowest BCUT2D eigenvalue weighted by Crippen LogP contribution is -2.30. The maximum Gasteiger partial charge on any atom is 0.416 e. The van der Waals surface area contributed by atoms with Gasteiger partial charge in [0.1, 0.15) is 0 Å². The van der Waals surface area contributed by atoms with Crippen molar-refractivity contribution in [2.24, 2.45) is 0 Å². The molecule has 0 radical (unpaired) electrons. The zero-order valence-corrected chi connectivity index (χ0v) is 13.0. The molecule has 0 unspecified atom stereocenters. The van der Waals surface area contributed by atoms with Gasteiger partial charge in [0, 0.05) is 17.9 Å². The van der Waals surface area contributed by atoms with Crippen molar-refractivity contribution < 1.29 is 13.2 Å². The Labute approximate surface area is 137 Å². The van der Waals surface area contributed by atoms with E-state index in [0.29, 0.717) is 17.3 Å². The number of halogens is 3. The number of hydrogen-bond donors (Lipinski definition) is 3. The van der Waals surface area contributed by atoms with E-state index in [2.05, 4.69) is 10.6 Å². The summed E-state index contributed by atoms with van der Waals surface area (Å²) in [6.07, 6.45) is -4.13. The van der Waals surface area contributed by atoms with E-state index in [-0.39, 0.29) is 12.0 Å². The van der Waals surface area contributed by atoms with Gasteiger partial charge < -0.3 is 16.4 Å². The van der Waals surface area contributed by atoms with Crippen LogP contribution in [0.15, 0.2) is 48.5 Å². The number of anilines is 2. The molecule has 0 atom stereocenters. The Bertz CT molecular complexity index is 669. The van der Waals surface area contributed by atoms with Crippen LogP contribution in [0.2, 0.25) is 0 Å². The van der Waals surface area contributed by atoms with Crippen LogP contribution in [-0.4, -0.2) is 11.7 Å². The topological polar surface area (TPSA) is 50.1 Å². The second-order valence-corrected chi connectivity index (χ2v) is 5.32. The Morgan fingerprint density at radius 1 is 1.04 bits per heavy atom. The van der Waals surface area contributed by atoms with Gasteiger partial charge in [0.05, 0.1) is 5.56 Å². The van der Waals surface area contributed by atoms with E-state index in [1.807, 2.05) is 0 Å². The zero-order chi connectivity index (χ0) is 16.9. The molecular formula is C16H16F3N3S. The van der Waals surface area contributed by atoms with Crippen LogP contribution in [0, 0.1) is 0 Å². The molecule has 2 aromatic carbocycles. The van der Waals surface area contributed by atoms with Crippen LogP contribution >= 0.6 is 12.2 Å². The van der Waals surface area contributed by atoms with Crippen molar-refractivity contribution in [3.05, 3.63) is 59.7 Å². The molecule has 0 bridgehead atoms. The van der Waals surface area contributed by atoms with Crippen LogP contribution in [0.25, 0.3) is 0 Å². The molecule has 0 aliphatic heterocycles. The van der Waals surface area contributed by atoms with E-state index >= 15 is 0 Å². The first-order chi connectivity index (χ1) is 10.9. The third kappa shape index (κ3) is 5.14. The highest BCUT2D eigenvalue weighted by Gasteiger charge is 2.32. The minimum Gasteiger partial charge on any atom is -0.399 e. The van der Waals surface area contributed by atoms with Gasteiger partial charge in [-0.15, -0.1) is 0 Å². The first-order valence-electron chi connectivity index (χ1n) is 6.92. The minimum absolute atomic E-state index is 0.221. The van der Waals surface area contributed by atoms with Crippen molar-refractivity contribution in [1.29, 1.82) is 0 Å². The maximum absolute atomic E-state index is 12.9. The number of benzene rings is 2. The van der Waals surface area contributed by atoms with E-state index in [0.717, 1.165) is 11.8 Å². The fourth-order valence-corrected chi connectivity index (χ4v) is 2.29. The lowest BCUT2D eigenvalue weighted by atomic mass is 10.0. The number of thiocarbonyl (C=S) groups is 1. The Balaban J connectivity index is 1.88. The van der Waals surface area contributed by atoms with Crippen LogP contribution in [0.3, 0.4) is 0 Å². The molecule has 0 aliphatic carbocycles. The molecule has 2 rings (SSSR count). The lowest BCUT2D eigenvalue weighted by molar-refractivity contribution is -0.138. The van der Waals surface area contributed by atoms with Crippen LogP contribution in [0.4, 0.5) is 24.5 Å². The summed E-state index contributed by atoms with van der Waals surface area (Å²) in [6.45, 7) is 0.300. The van der Waals surface area contributed by atoms with Crippen molar-refractivity contribution in [2.45, 2.75) is 12.6 Å². The lowest BCUT2D eigenvalue weighted by Gasteiger charge is -2.14. The maximum atomic E-state index is 12.9. The van der Waals surface area contributed by atoms with Gasteiger partial charge in [0.25, 0.3) is 0 Å². The van der Waals surface area contributed by atoms with Crippen molar-refractivity contribution in [1.82, 2.24) is 5.32 Å². The van der Waals surface area contributed by atoms with Gasteiger partial charge >= 0.3 is 6.18 Å². The predicted octanol–water partition coefficient (Wildman–Crippen LogP) is 3.82. The zero-order valence-electron chi connectivity index (χ0n) is 12.2. The standard InChI is InChI=1S/C16H16F3N3S/c17-16(18,19)14-4-2-1-3-11(14)9-10-21-15(23)22-13-7-5-12(20)6-8-13/h1-8H,9-10,20H2,(H2,21,22,23). The summed E-state index contributed by atoms with van der Waals surface area (Å²) in [5, 5.41) is 6.18. The highest BCUT2D eigenvalue weighted by atomic mass is 32.1. The molecule has 0 heterocycles. The normalized spacial score (nSPS) is 11.1. The molecule has 122 valence electrons. The average Bonchev–Trinajstić information content (AvgIpc) is 2.49. The summed E-state index contributed by atoms with van der Waals surface area (Å²) in [6, 6.07) is 12.5. The van der Waals surface area contributed by atoms with E-state index in [1.54, 1.807) is 30.3 Å². The molecule has 0 saturated carbocycles. The highest BCUT2D eigenvalue weighted by Crippen LogP contribution is 2.31. The second-order valence-electron chi connectivity index (χ2n) is 4.91. The van der Waals surface area contributed by atoms with Gasteiger partial charge in [-0.05, 0) is 54.5 Å². The van der Waals surface area contributed by atoms with E-state index in [9.17, 15) is 13.2 Å². The van der Waals surface area contributed by atoms with Gasteiger partial charge in [-0.25, -0.2) is 0 Å². The van der Waals surface area contributed by atoms with Crippen LogP contribution in [-0.2, 0) is 12.6 Å². The van der Waals surface area contributed by atoms with Crippen molar-refractivity contribution in [2.75, 3.05) is 17.6 Å². The van der Waals surface area contributed by atoms with Crippen molar-refractivity contribution in [3.63, 3.8) is 0 Å². The van der Waals surface area contributed by atoms with Gasteiger partial charge in [-0.1, -0.05) is 18.2 Å². The number of nitrogen functional groups attached to an aromatic ring is 1. The molecule has 0 saturated heterocycles. The monoisotopic (exact) mass is 339 g/mol. The van der Waals surface area contributed by atoms with Gasteiger partial charge in [0.2, 0.25) is 0 Å². The molecule has 0 fully saturated rings. The molecule has 23 heavy (non-hydrogen) atoms. The molecule has 3 nitrogen and oxygen atoms in total. The largest absolute Gasteiger partial charge is 0.416 e. The molecule has 0 amide bonds. The Kier molecular flexibility index (Phi) is 5.44. The summed E-state index contributed by atoms with van der Waals surface area (Å²) in [4.78, 5) is 0. The minimum atomic E-state index is -4.35. The predicted molar refractivity (Wildman–Crippen MR) is 90.2 cm³/mol. The Morgan fingerprint density at radius 3 is 2.35 bits per heavy atom. The molecule has 2 aromatic rings. The fourth-order valence-electron chi connectivity index (χ4n) is 2.07. The number of nitrogens with two attached hydrogens (primary N) is 1. The SMILES string of the molecule is Nc1ccc(NC(=S)NCCc2ccccc2C(F)(F)F)cc1. The average molecular weight is 339 g/mol. The summed E-state index contributed by atoms with van der Waals surface area (Å²) in [5.74, 6) is 0. The Morgan fingerprint density at radius 2 is 1.70 bits per heavy atom. The quantitative estimate of drug-likeness (QED) is 0.585. The molecule has 0 aromatic heterocycles. The summed E-state index contributed by atoms with van der Waals surface area (Å²) < 4.78 is 38.7. The first kappa shape index (κ1) is 17.1. The number of alkyl halides is 3. The van der Waals surface area contributed by atoms with Crippen LogP contribution in [0.5, 0.6) is 0 Å². The van der Waals surface area contributed by atoms with E-state index in [1.165, 1.54) is 12.1 Å². The van der Waals surface area contributed by atoms with Crippen molar-refractivity contribution in [3.8, 4) is 0 Å². The Hall–Kier alpha value is -2.28. The van der Waals surface area contributed by atoms with Gasteiger partial charge in [0.15, 0.2) is 5.11 Å². The summed E-state index contributed by atoms with van der Waals surface area (Å²) in [7, 11) is 0. The summed E-state index contributed by atoms with van der Waals surface area (Å²) in [5.41, 5.74) is 6.60. The van der Waals surface area contributed by atoms with Crippen molar-refractivity contribution >= 4 is 28.7 Å². The van der Waals surface area contributed by atoms with Gasteiger partial charge in [-0.2, -0.15) is 13.2 Å². The number of rotatable bonds is 4. The molecular weight excluding hydrogens is 323 g/mol. The third-order valence-corrected chi connectivity index (χ3v) is 3.42.